The van der Waals surface area contributed by atoms with Crippen LogP contribution < -0.4 is 5.73 Å². The van der Waals surface area contributed by atoms with Crippen molar-refractivity contribution in [3.63, 3.8) is 0 Å². The summed E-state index contributed by atoms with van der Waals surface area (Å²) in [7, 11) is 0. The van der Waals surface area contributed by atoms with Crippen LogP contribution in [-0.4, -0.2) is 76.1 Å². The third kappa shape index (κ3) is 5.09. The molecule has 2 heterocycles. The van der Waals surface area contributed by atoms with Gasteiger partial charge in [0.1, 0.15) is 13.1 Å². The molecule has 2 aliphatic rings. The average molecular weight is 398 g/mol. The molecule has 0 aromatic rings. The number of nitrogens with two attached hydrogens (primary N) is 1. The first-order chi connectivity index (χ1) is 13.2. The quantitative estimate of drug-likeness (QED) is 0.426. The fourth-order valence-corrected chi connectivity index (χ4v) is 2.40. The van der Waals surface area contributed by atoms with Gasteiger partial charge in [0.15, 0.2) is 0 Å². The zero-order chi connectivity index (χ0) is 20.8. The number of carbonyl (C=O) groups is 7. The van der Waals surface area contributed by atoms with Crippen molar-refractivity contribution in [2.24, 2.45) is 5.73 Å². The molecule has 0 bridgehead atoms. The second-order valence-corrected chi connectivity index (χ2v) is 5.88. The van der Waals surface area contributed by atoms with Crippen LogP contribution in [-0.2, 0) is 43.2 Å². The van der Waals surface area contributed by atoms with Gasteiger partial charge >= 0.3 is 11.9 Å². The van der Waals surface area contributed by atoms with E-state index >= 15 is 0 Å². The summed E-state index contributed by atoms with van der Waals surface area (Å²) in [5.41, 5.74) is 5.29. The molecule has 0 aliphatic carbocycles. The molecule has 2 rings (SSSR count). The molecule has 0 atom stereocenters. The van der Waals surface area contributed by atoms with Gasteiger partial charge in [-0.2, -0.15) is 0 Å². The second kappa shape index (κ2) is 9.03. The second-order valence-electron chi connectivity index (χ2n) is 5.88. The lowest BCUT2D eigenvalue weighted by Gasteiger charge is -2.22. The maximum absolute atomic E-state index is 12.1. The van der Waals surface area contributed by atoms with Crippen LogP contribution in [0.5, 0.6) is 0 Å². The summed E-state index contributed by atoms with van der Waals surface area (Å²) in [6.07, 6.45) is -0.639. The van der Waals surface area contributed by atoms with Gasteiger partial charge in [-0.15, -0.1) is 10.1 Å². The number of nitrogens with zero attached hydrogens (tertiary/aromatic N) is 3. The smallest absolute Gasteiger partial charge is 0.330 e. The maximum atomic E-state index is 12.1. The van der Waals surface area contributed by atoms with Crippen LogP contribution in [0.15, 0.2) is 0 Å². The minimum Gasteiger partial charge on any atom is -0.330 e. The fraction of sp³-hybridized carbons (Fsp3) is 0.533. The van der Waals surface area contributed by atoms with E-state index in [-0.39, 0.29) is 38.6 Å². The highest BCUT2D eigenvalue weighted by molar-refractivity contribution is 6.02. The van der Waals surface area contributed by atoms with Gasteiger partial charge in [0.25, 0.3) is 23.6 Å². The van der Waals surface area contributed by atoms with Gasteiger partial charge in [-0.25, -0.2) is 9.59 Å². The summed E-state index contributed by atoms with van der Waals surface area (Å²) in [5.74, 6) is -5.82. The topological polar surface area (TPSA) is 174 Å². The summed E-state index contributed by atoms with van der Waals surface area (Å²) >= 11 is 0. The summed E-state index contributed by atoms with van der Waals surface area (Å²) in [6.45, 7) is -1.65. The van der Waals surface area contributed by atoms with E-state index in [4.69, 9.17) is 5.73 Å². The highest BCUT2D eigenvalue weighted by Gasteiger charge is 2.35. The Morgan fingerprint density at radius 3 is 1.46 bits per heavy atom. The first-order valence-electron chi connectivity index (χ1n) is 8.34. The Hall–Kier alpha value is -3.35. The van der Waals surface area contributed by atoms with Gasteiger partial charge in [-0.1, -0.05) is 0 Å². The molecule has 0 radical (unpaired) electrons. The number of imide groups is 2. The Labute approximate surface area is 158 Å². The van der Waals surface area contributed by atoms with Crippen molar-refractivity contribution < 1.29 is 43.2 Å². The lowest BCUT2D eigenvalue weighted by molar-refractivity contribution is -0.201. The summed E-state index contributed by atoms with van der Waals surface area (Å²) in [6, 6.07) is 0. The van der Waals surface area contributed by atoms with Gasteiger partial charge in [-0.05, 0) is 0 Å². The highest BCUT2D eigenvalue weighted by Crippen LogP contribution is 2.14. The lowest BCUT2D eigenvalue weighted by Crippen LogP contribution is -2.45. The van der Waals surface area contributed by atoms with Gasteiger partial charge in [0, 0.05) is 38.6 Å². The third-order valence-electron chi connectivity index (χ3n) is 3.75. The summed E-state index contributed by atoms with van der Waals surface area (Å²) < 4.78 is 0. The van der Waals surface area contributed by atoms with Crippen molar-refractivity contribution in [1.29, 1.82) is 0 Å². The van der Waals surface area contributed by atoms with Crippen LogP contribution in [0.3, 0.4) is 0 Å². The molecule has 152 valence electrons. The molecular formula is C15H18N4O9. The van der Waals surface area contributed by atoms with E-state index in [2.05, 4.69) is 9.68 Å². The van der Waals surface area contributed by atoms with E-state index in [1.807, 2.05) is 0 Å². The van der Waals surface area contributed by atoms with Crippen LogP contribution in [0, 0.1) is 0 Å². The first kappa shape index (κ1) is 21.0. The molecule has 2 N–H and O–H groups in total. The zero-order valence-electron chi connectivity index (χ0n) is 14.8. The van der Waals surface area contributed by atoms with Crippen LogP contribution in [0.1, 0.15) is 32.1 Å². The molecule has 5 amide bonds. The lowest BCUT2D eigenvalue weighted by atomic mass is 10.3. The predicted octanol–water partition coefficient (Wildman–Crippen LogP) is -2.62. The molecule has 2 saturated heterocycles. The number of carbonyl (C=O) groups excluding carboxylic acids is 7. The first-order valence-corrected chi connectivity index (χ1v) is 8.34. The van der Waals surface area contributed by atoms with Crippen LogP contribution in [0.4, 0.5) is 0 Å². The Morgan fingerprint density at radius 1 is 0.786 bits per heavy atom. The molecule has 0 saturated carbocycles. The minimum atomic E-state index is -1.14. The fourth-order valence-electron chi connectivity index (χ4n) is 2.40. The van der Waals surface area contributed by atoms with Crippen LogP contribution >= 0.6 is 0 Å². The van der Waals surface area contributed by atoms with Crippen molar-refractivity contribution in [1.82, 2.24) is 15.0 Å². The monoisotopic (exact) mass is 398 g/mol. The highest BCUT2D eigenvalue weighted by atomic mass is 16.7. The largest absolute Gasteiger partial charge is 0.352 e. The number of hydrogen-bond donors (Lipinski definition) is 1. The normalized spacial score (nSPS) is 16.6. The van der Waals surface area contributed by atoms with Crippen LogP contribution in [0.2, 0.25) is 0 Å². The Kier molecular flexibility index (Phi) is 6.76. The molecular weight excluding hydrogens is 380 g/mol. The molecule has 0 spiro atoms. The Morgan fingerprint density at radius 2 is 1.14 bits per heavy atom. The van der Waals surface area contributed by atoms with Crippen molar-refractivity contribution in [3.8, 4) is 0 Å². The van der Waals surface area contributed by atoms with Gasteiger partial charge < -0.3 is 20.3 Å². The van der Waals surface area contributed by atoms with Gasteiger partial charge in [-0.3, -0.25) is 24.0 Å². The number of hydroxylamine groups is 4. The molecule has 0 unspecified atom stereocenters. The Balaban J connectivity index is 1.97. The summed E-state index contributed by atoms with van der Waals surface area (Å²) in [4.78, 5) is 91.9. The van der Waals surface area contributed by atoms with Gasteiger partial charge in [0.05, 0.1) is 0 Å². The van der Waals surface area contributed by atoms with Gasteiger partial charge in [0.2, 0.25) is 5.91 Å². The number of amides is 5. The standard InChI is InChI=1S/C15H18N4O9/c16-6-5-9(20)17(7-14(25)27-18-10(21)1-2-11(18)22)8-15(26)28-19-12(23)3-4-13(19)24/h1-8,16H2. The van der Waals surface area contributed by atoms with Crippen molar-refractivity contribution in [2.75, 3.05) is 19.6 Å². The average Bonchev–Trinajstić information content (AvgIpc) is 3.11. The molecule has 2 aliphatic heterocycles. The third-order valence-corrected chi connectivity index (χ3v) is 3.75. The number of hydrogen-bond acceptors (Lipinski definition) is 10. The molecule has 0 aromatic heterocycles. The van der Waals surface area contributed by atoms with Crippen molar-refractivity contribution in [3.05, 3.63) is 0 Å². The molecule has 13 heteroatoms. The minimum absolute atomic E-state index is 0.0778. The van der Waals surface area contributed by atoms with E-state index in [1.54, 1.807) is 0 Å². The molecule has 28 heavy (non-hydrogen) atoms. The van der Waals surface area contributed by atoms with E-state index in [0.717, 1.165) is 0 Å². The Bertz CT molecular complexity index is 651. The van der Waals surface area contributed by atoms with Crippen molar-refractivity contribution in [2.45, 2.75) is 32.1 Å². The zero-order valence-corrected chi connectivity index (χ0v) is 14.8. The van der Waals surface area contributed by atoms with E-state index in [0.29, 0.717) is 15.0 Å². The maximum Gasteiger partial charge on any atom is 0.352 e. The van der Waals surface area contributed by atoms with E-state index in [1.165, 1.54) is 0 Å². The summed E-state index contributed by atoms with van der Waals surface area (Å²) in [5, 5.41) is 0.599. The molecule has 13 nitrogen and oxygen atoms in total. The molecule has 2 fully saturated rings. The van der Waals surface area contributed by atoms with E-state index < -0.39 is 54.6 Å². The molecule has 0 aromatic carbocycles. The van der Waals surface area contributed by atoms with Crippen molar-refractivity contribution >= 4 is 41.5 Å². The van der Waals surface area contributed by atoms with E-state index in [9.17, 15) is 33.6 Å². The SMILES string of the molecule is NCCC(=O)N(CC(=O)ON1C(=O)CCC1=O)CC(=O)ON1C(=O)CCC1=O. The van der Waals surface area contributed by atoms with Crippen LogP contribution in [0.25, 0.3) is 0 Å². The number of rotatable bonds is 8. The predicted molar refractivity (Wildman–Crippen MR) is 84.6 cm³/mol.